The van der Waals surface area contributed by atoms with E-state index in [0.29, 0.717) is 16.8 Å². The molecule has 4 rings (SSSR count). The molecule has 2 aromatic carbocycles. The van der Waals surface area contributed by atoms with Gasteiger partial charge in [0.2, 0.25) is 10.0 Å². The lowest BCUT2D eigenvalue weighted by Gasteiger charge is -2.05. The van der Waals surface area contributed by atoms with Gasteiger partial charge in [-0.15, -0.1) is 17.9 Å². The maximum atomic E-state index is 11.9. The van der Waals surface area contributed by atoms with E-state index < -0.39 is 10.0 Å². The molecule has 0 spiro atoms. The minimum Gasteiger partial charge on any atom is -0.494 e. The average Bonchev–Trinajstić information content (AvgIpc) is 3.29. The molecular weight excluding hydrogens is 408 g/mol. The Hall–Kier alpha value is -3.01. The zero-order valence-corrected chi connectivity index (χ0v) is 16.9. The van der Waals surface area contributed by atoms with Crippen molar-refractivity contribution in [3.8, 4) is 5.88 Å². The van der Waals surface area contributed by atoms with Crippen LogP contribution in [0.15, 0.2) is 59.6 Å². The Kier molecular flexibility index (Phi) is 5.18. The van der Waals surface area contributed by atoms with Crippen molar-refractivity contribution in [2.75, 3.05) is 6.54 Å². The molecule has 0 aliphatic rings. The van der Waals surface area contributed by atoms with E-state index in [0.717, 1.165) is 21.1 Å². The fraction of sp³-hybridized carbons (Fsp3) is 0.100. The number of benzene rings is 2. The summed E-state index contributed by atoms with van der Waals surface area (Å²) in [6.45, 7) is 3.70. The highest BCUT2D eigenvalue weighted by Crippen LogP contribution is 2.34. The molecular formula is C20H18N4O3S2. The lowest BCUT2D eigenvalue weighted by Crippen LogP contribution is -2.25. The molecule has 0 bridgehead atoms. The maximum absolute atomic E-state index is 11.9. The van der Waals surface area contributed by atoms with Gasteiger partial charge in [-0.25, -0.2) is 18.1 Å². The zero-order chi connectivity index (χ0) is 20.4. The number of fused-ring (bicyclic) bond motifs is 3. The summed E-state index contributed by atoms with van der Waals surface area (Å²) in [5.41, 5.74) is 5.35. The number of aromatic hydroxyl groups is 1. The summed E-state index contributed by atoms with van der Waals surface area (Å²) in [6.07, 6.45) is 3.10. The van der Waals surface area contributed by atoms with E-state index in [-0.39, 0.29) is 18.2 Å². The predicted molar refractivity (Wildman–Crippen MR) is 118 cm³/mol. The van der Waals surface area contributed by atoms with E-state index in [1.54, 1.807) is 36.0 Å². The van der Waals surface area contributed by atoms with Crippen LogP contribution in [-0.2, 0) is 15.8 Å². The van der Waals surface area contributed by atoms with Crippen molar-refractivity contribution < 1.29 is 13.5 Å². The van der Waals surface area contributed by atoms with E-state index in [1.807, 2.05) is 12.1 Å². The van der Waals surface area contributed by atoms with Gasteiger partial charge in [-0.05, 0) is 29.8 Å². The highest BCUT2D eigenvalue weighted by Gasteiger charge is 2.14. The highest BCUT2D eigenvalue weighted by atomic mass is 32.2. The quantitative estimate of drug-likeness (QED) is 0.308. The molecule has 0 aliphatic heterocycles. The van der Waals surface area contributed by atoms with E-state index in [1.165, 1.54) is 17.4 Å². The van der Waals surface area contributed by atoms with Crippen molar-refractivity contribution in [2.45, 2.75) is 5.75 Å². The van der Waals surface area contributed by atoms with Crippen LogP contribution >= 0.6 is 11.3 Å². The lowest BCUT2D eigenvalue weighted by atomic mass is 10.1. The minimum atomic E-state index is -3.40. The Morgan fingerprint density at radius 3 is 2.79 bits per heavy atom. The normalized spacial score (nSPS) is 12.3. The second-order valence-electron chi connectivity index (χ2n) is 6.40. The molecule has 9 heteroatoms. The number of aromatic amines is 1. The van der Waals surface area contributed by atoms with Gasteiger partial charge < -0.3 is 10.1 Å². The predicted octanol–water partition coefficient (Wildman–Crippen LogP) is 3.84. The van der Waals surface area contributed by atoms with E-state index in [9.17, 15) is 13.5 Å². The van der Waals surface area contributed by atoms with E-state index in [2.05, 4.69) is 26.3 Å². The number of thiazole rings is 1. The monoisotopic (exact) mass is 426 g/mol. The van der Waals surface area contributed by atoms with Crippen LogP contribution in [0.2, 0.25) is 0 Å². The third kappa shape index (κ3) is 4.07. The number of hydrogen-bond acceptors (Lipinski definition) is 6. The average molecular weight is 427 g/mol. The fourth-order valence-corrected chi connectivity index (χ4v) is 4.97. The molecule has 0 aliphatic carbocycles. The number of nitrogens with zero attached hydrogens (tertiary/aromatic N) is 2. The minimum absolute atomic E-state index is 0.0423. The molecule has 0 amide bonds. The summed E-state index contributed by atoms with van der Waals surface area (Å²) in [4.78, 5) is 11.7. The molecule has 0 saturated carbocycles. The number of rotatable bonds is 7. The molecule has 0 radical (unpaired) electrons. The van der Waals surface area contributed by atoms with E-state index in [4.69, 9.17) is 0 Å². The maximum Gasteiger partial charge on any atom is 0.216 e. The van der Waals surface area contributed by atoms with Gasteiger partial charge in [0.25, 0.3) is 0 Å². The number of aromatic nitrogens is 2. The third-order valence-corrected chi connectivity index (χ3v) is 6.54. The Bertz CT molecular complexity index is 1320. The summed E-state index contributed by atoms with van der Waals surface area (Å²) in [7, 11) is -3.40. The SMILES string of the molecule is C=CCNS(=O)(=O)Cc1ccc(N=Cc2c(O)[nH]c3ccc4ncsc4c23)cc1. The lowest BCUT2D eigenvalue weighted by molar-refractivity contribution is 0.457. The smallest absolute Gasteiger partial charge is 0.216 e. The van der Waals surface area contributed by atoms with Crippen LogP contribution < -0.4 is 4.72 Å². The number of sulfonamides is 1. The molecule has 0 fully saturated rings. The van der Waals surface area contributed by atoms with Crippen LogP contribution in [0, 0.1) is 0 Å². The molecule has 0 saturated heterocycles. The van der Waals surface area contributed by atoms with Crippen LogP contribution in [0.25, 0.3) is 21.1 Å². The van der Waals surface area contributed by atoms with Crippen molar-refractivity contribution in [3.05, 3.63) is 65.7 Å². The molecule has 0 unspecified atom stereocenters. The second-order valence-corrected chi connectivity index (χ2v) is 9.06. The summed E-state index contributed by atoms with van der Waals surface area (Å²) in [5.74, 6) is -0.0714. The van der Waals surface area contributed by atoms with Crippen LogP contribution in [0.4, 0.5) is 5.69 Å². The van der Waals surface area contributed by atoms with Crippen molar-refractivity contribution in [1.29, 1.82) is 0 Å². The number of aliphatic imine (C=N–C) groups is 1. The van der Waals surface area contributed by atoms with Crippen LogP contribution in [0.5, 0.6) is 5.88 Å². The molecule has 2 aromatic heterocycles. The number of nitrogens with one attached hydrogen (secondary N) is 2. The van der Waals surface area contributed by atoms with Gasteiger partial charge in [-0.3, -0.25) is 4.99 Å². The summed E-state index contributed by atoms with van der Waals surface area (Å²) < 4.78 is 27.3. The Balaban J connectivity index is 1.59. The van der Waals surface area contributed by atoms with Gasteiger partial charge in [0.1, 0.15) is 0 Å². The Labute approximate surface area is 171 Å². The molecule has 0 atom stereocenters. The Morgan fingerprint density at radius 2 is 2.03 bits per heavy atom. The van der Waals surface area contributed by atoms with Gasteiger partial charge in [-0.1, -0.05) is 18.2 Å². The molecule has 148 valence electrons. The van der Waals surface area contributed by atoms with Crippen molar-refractivity contribution >= 4 is 54.4 Å². The first-order valence-electron chi connectivity index (χ1n) is 8.75. The van der Waals surface area contributed by atoms with Gasteiger partial charge >= 0.3 is 0 Å². The standard InChI is InChI=1S/C20H18N4O3S2/c1-2-9-23-29(26,27)11-13-3-5-14(6-4-13)21-10-15-18-16(24-20(15)25)7-8-17-19(18)28-12-22-17/h2-8,10,12,23-25H,1,9,11H2. The zero-order valence-electron chi connectivity index (χ0n) is 15.3. The highest BCUT2D eigenvalue weighted by molar-refractivity contribution is 7.88. The molecule has 29 heavy (non-hydrogen) atoms. The summed E-state index contributed by atoms with van der Waals surface area (Å²) >= 11 is 1.51. The van der Waals surface area contributed by atoms with Crippen LogP contribution in [0.1, 0.15) is 11.1 Å². The third-order valence-electron chi connectivity index (χ3n) is 4.36. The van der Waals surface area contributed by atoms with Gasteiger partial charge in [0.05, 0.1) is 38.2 Å². The van der Waals surface area contributed by atoms with Gasteiger partial charge in [-0.2, -0.15) is 0 Å². The van der Waals surface area contributed by atoms with Gasteiger partial charge in [0.15, 0.2) is 5.88 Å². The second kappa shape index (κ2) is 7.78. The summed E-state index contributed by atoms with van der Waals surface area (Å²) in [6, 6.07) is 10.7. The van der Waals surface area contributed by atoms with Crippen molar-refractivity contribution in [3.63, 3.8) is 0 Å². The first kappa shape index (κ1) is 19.3. The summed E-state index contributed by atoms with van der Waals surface area (Å²) in [5, 5.41) is 11.2. The van der Waals surface area contributed by atoms with E-state index >= 15 is 0 Å². The molecule has 2 heterocycles. The van der Waals surface area contributed by atoms with Gasteiger partial charge in [0, 0.05) is 18.1 Å². The first-order valence-corrected chi connectivity index (χ1v) is 11.3. The molecule has 7 nitrogen and oxygen atoms in total. The first-order chi connectivity index (χ1) is 14.0. The Morgan fingerprint density at radius 1 is 1.24 bits per heavy atom. The fourth-order valence-electron chi connectivity index (χ4n) is 3.01. The molecule has 3 N–H and O–H groups in total. The van der Waals surface area contributed by atoms with Crippen LogP contribution in [-0.4, -0.2) is 36.3 Å². The largest absolute Gasteiger partial charge is 0.494 e. The van der Waals surface area contributed by atoms with Crippen molar-refractivity contribution in [2.24, 2.45) is 4.99 Å². The number of H-pyrrole nitrogens is 1. The molecule has 4 aromatic rings. The van der Waals surface area contributed by atoms with Crippen molar-refractivity contribution in [1.82, 2.24) is 14.7 Å². The number of hydrogen-bond donors (Lipinski definition) is 3. The topological polar surface area (TPSA) is 107 Å². The van der Waals surface area contributed by atoms with Crippen LogP contribution in [0.3, 0.4) is 0 Å².